The molecular formula is C19H29N3O2S2. The number of hydrogen-bond donors (Lipinski definition) is 2. The lowest BCUT2D eigenvalue weighted by Crippen LogP contribution is -2.26. The number of H-pyrrole nitrogens is 1. The summed E-state index contributed by atoms with van der Waals surface area (Å²) in [5, 5.41) is 3.64. The summed E-state index contributed by atoms with van der Waals surface area (Å²) in [5.41, 5.74) is 1.09. The Morgan fingerprint density at radius 1 is 1.38 bits per heavy atom. The second-order valence-electron chi connectivity index (χ2n) is 6.74. The summed E-state index contributed by atoms with van der Waals surface area (Å²) in [6.07, 6.45) is 4.08. The maximum Gasteiger partial charge on any atom is 0.259 e. The predicted octanol–water partition coefficient (Wildman–Crippen LogP) is 4.03. The molecule has 144 valence electrons. The van der Waals surface area contributed by atoms with E-state index in [1.165, 1.54) is 16.6 Å². The van der Waals surface area contributed by atoms with Crippen LogP contribution in [0.25, 0.3) is 10.2 Å². The van der Waals surface area contributed by atoms with Crippen LogP contribution in [0.1, 0.15) is 56.3 Å². The number of carbonyl (C=O) groups excluding carboxylic acids is 1. The number of nitrogens with one attached hydrogen (secondary N) is 2. The van der Waals surface area contributed by atoms with Crippen LogP contribution in [0.2, 0.25) is 0 Å². The van der Waals surface area contributed by atoms with Crippen molar-refractivity contribution in [3.05, 3.63) is 26.6 Å². The molecule has 0 radical (unpaired) electrons. The zero-order valence-corrected chi connectivity index (χ0v) is 17.7. The highest BCUT2D eigenvalue weighted by molar-refractivity contribution is 7.99. The van der Waals surface area contributed by atoms with Crippen LogP contribution in [0.15, 0.2) is 4.79 Å². The van der Waals surface area contributed by atoms with E-state index in [2.05, 4.69) is 43.0 Å². The summed E-state index contributed by atoms with van der Waals surface area (Å²) in [6.45, 7) is 9.27. The maximum atomic E-state index is 12.6. The molecule has 0 aromatic carbocycles. The van der Waals surface area contributed by atoms with Gasteiger partial charge in [-0.3, -0.25) is 9.59 Å². The third-order valence-electron chi connectivity index (χ3n) is 4.49. The first-order chi connectivity index (χ1) is 12.5. The molecular weight excluding hydrogens is 366 g/mol. The molecule has 2 aromatic heterocycles. The number of thiophene rings is 1. The number of fused-ring (bicyclic) bond motifs is 1. The number of aromatic nitrogens is 2. The number of thioether (sulfide) groups is 1. The number of carbonyl (C=O) groups is 1. The van der Waals surface area contributed by atoms with E-state index in [0.717, 1.165) is 48.0 Å². The molecule has 0 aliphatic rings. The Morgan fingerprint density at radius 2 is 2.15 bits per heavy atom. The second-order valence-corrected chi connectivity index (χ2v) is 8.93. The zero-order chi connectivity index (χ0) is 19.1. The fraction of sp³-hybridized carbons (Fsp3) is 0.632. The minimum atomic E-state index is -0.0550. The summed E-state index contributed by atoms with van der Waals surface area (Å²) in [7, 11) is 0. The molecule has 5 nitrogen and oxygen atoms in total. The molecule has 0 bridgehead atoms. The van der Waals surface area contributed by atoms with Crippen molar-refractivity contribution in [3.63, 3.8) is 0 Å². The molecule has 0 fully saturated rings. The molecule has 1 amide bonds. The maximum absolute atomic E-state index is 12.6. The van der Waals surface area contributed by atoms with Gasteiger partial charge in [0.1, 0.15) is 10.7 Å². The minimum Gasteiger partial charge on any atom is -0.355 e. The average molecular weight is 396 g/mol. The lowest BCUT2D eigenvalue weighted by molar-refractivity contribution is -0.118. The molecule has 0 aliphatic heterocycles. The van der Waals surface area contributed by atoms with Crippen LogP contribution in [0.3, 0.4) is 0 Å². The van der Waals surface area contributed by atoms with Crippen LogP contribution in [0, 0.1) is 12.8 Å². The quantitative estimate of drug-likeness (QED) is 0.596. The Bertz CT molecular complexity index is 798. The van der Waals surface area contributed by atoms with Crippen molar-refractivity contribution < 1.29 is 4.79 Å². The number of rotatable bonds is 10. The van der Waals surface area contributed by atoms with Crippen molar-refractivity contribution in [3.8, 4) is 0 Å². The van der Waals surface area contributed by atoms with Crippen molar-refractivity contribution in [2.45, 2.75) is 59.1 Å². The summed E-state index contributed by atoms with van der Waals surface area (Å²) in [5.74, 6) is 2.14. The Balaban J connectivity index is 2.05. The highest BCUT2D eigenvalue weighted by Crippen LogP contribution is 2.29. The van der Waals surface area contributed by atoms with Crippen molar-refractivity contribution in [1.82, 2.24) is 15.3 Å². The summed E-state index contributed by atoms with van der Waals surface area (Å²) in [4.78, 5) is 33.9. The van der Waals surface area contributed by atoms with E-state index in [1.807, 2.05) is 0 Å². The van der Waals surface area contributed by atoms with Gasteiger partial charge < -0.3 is 10.3 Å². The van der Waals surface area contributed by atoms with Gasteiger partial charge in [-0.15, -0.1) is 23.1 Å². The molecule has 2 N–H and O–H groups in total. The molecule has 0 saturated carbocycles. The van der Waals surface area contributed by atoms with E-state index in [4.69, 9.17) is 0 Å². The van der Waals surface area contributed by atoms with E-state index in [0.29, 0.717) is 23.2 Å². The highest BCUT2D eigenvalue weighted by Gasteiger charge is 2.16. The van der Waals surface area contributed by atoms with E-state index in [1.54, 1.807) is 11.3 Å². The molecule has 2 rings (SSSR count). The number of hydrogen-bond acceptors (Lipinski definition) is 5. The molecule has 0 spiro atoms. The van der Waals surface area contributed by atoms with Gasteiger partial charge in [0.15, 0.2) is 0 Å². The number of aromatic amines is 1. The topological polar surface area (TPSA) is 74.8 Å². The third kappa shape index (κ3) is 5.58. The molecule has 26 heavy (non-hydrogen) atoms. The number of amides is 1. The molecule has 1 atom stereocenters. The van der Waals surface area contributed by atoms with Crippen LogP contribution in [0.5, 0.6) is 0 Å². The summed E-state index contributed by atoms with van der Waals surface area (Å²) < 4.78 is 0. The molecule has 0 unspecified atom stereocenters. The average Bonchev–Trinajstić information content (AvgIpc) is 2.91. The predicted molar refractivity (Wildman–Crippen MR) is 112 cm³/mol. The number of unbranched alkanes of at least 4 members (excludes halogenated alkanes) is 1. The van der Waals surface area contributed by atoms with Gasteiger partial charge in [-0.25, -0.2) is 4.98 Å². The van der Waals surface area contributed by atoms with Crippen LogP contribution in [-0.2, 0) is 17.0 Å². The largest absolute Gasteiger partial charge is 0.355 e. The van der Waals surface area contributed by atoms with Gasteiger partial charge in [-0.05, 0) is 31.2 Å². The van der Waals surface area contributed by atoms with E-state index < -0.39 is 0 Å². The van der Waals surface area contributed by atoms with E-state index >= 15 is 0 Å². The van der Waals surface area contributed by atoms with Crippen LogP contribution < -0.4 is 10.9 Å². The smallest absolute Gasteiger partial charge is 0.259 e. The molecule has 0 aliphatic carbocycles. The summed E-state index contributed by atoms with van der Waals surface area (Å²) >= 11 is 3.07. The first-order valence-electron chi connectivity index (χ1n) is 9.31. The van der Waals surface area contributed by atoms with Crippen molar-refractivity contribution in [2.75, 3.05) is 12.3 Å². The van der Waals surface area contributed by atoms with Gasteiger partial charge in [0.05, 0.1) is 16.9 Å². The fourth-order valence-electron chi connectivity index (χ4n) is 2.72. The van der Waals surface area contributed by atoms with E-state index in [9.17, 15) is 9.59 Å². The number of nitrogens with zero attached hydrogens (tertiary/aromatic N) is 1. The van der Waals surface area contributed by atoms with Crippen molar-refractivity contribution in [1.29, 1.82) is 0 Å². The first-order valence-corrected chi connectivity index (χ1v) is 11.3. The molecule has 7 heteroatoms. The van der Waals surface area contributed by atoms with Gasteiger partial charge in [0, 0.05) is 11.4 Å². The van der Waals surface area contributed by atoms with Gasteiger partial charge >= 0.3 is 0 Å². The molecule has 2 heterocycles. The Morgan fingerprint density at radius 3 is 2.85 bits per heavy atom. The Kier molecular flexibility index (Phi) is 8.15. The highest BCUT2D eigenvalue weighted by atomic mass is 32.2. The van der Waals surface area contributed by atoms with Crippen LogP contribution >= 0.6 is 23.1 Å². The minimum absolute atomic E-state index is 0.0367. The van der Waals surface area contributed by atoms with Gasteiger partial charge in [-0.2, -0.15) is 0 Å². The molecule has 0 saturated heterocycles. The third-order valence-corrected chi connectivity index (χ3v) is 6.47. The standard InChI is InChI=1S/C19H29N3O2S2/c1-5-7-8-20-16(23)11-25-10-15-21-18(24)17-14(9-12(3)6-2)13(4)26-19(17)22-15/h12H,5-11H2,1-4H3,(H,20,23)(H,21,22,24)/t12-/m1/s1. The Hall–Kier alpha value is -1.34. The molecule has 2 aromatic rings. The zero-order valence-electron chi connectivity index (χ0n) is 16.1. The first kappa shape index (κ1) is 21.0. The lowest BCUT2D eigenvalue weighted by atomic mass is 9.98. The SMILES string of the molecule is CCCCNC(=O)CSCc1nc2sc(C)c(C[C@H](C)CC)c2c(=O)[nH]1. The lowest BCUT2D eigenvalue weighted by Gasteiger charge is -2.08. The van der Waals surface area contributed by atoms with Crippen molar-refractivity contribution >= 4 is 39.2 Å². The monoisotopic (exact) mass is 395 g/mol. The van der Waals surface area contributed by atoms with Gasteiger partial charge in [0.2, 0.25) is 5.91 Å². The van der Waals surface area contributed by atoms with Crippen molar-refractivity contribution in [2.24, 2.45) is 5.92 Å². The van der Waals surface area contributed by atoms with Gasteiger partial charge in [0.25, 0.3) is 5.56 Å². The summed E-state index contributed by atoms with van der Waals surface area (Å²) in [6, 6.07) is 0. The van der Waals surface area contributed by atoms with Crippen LogP contribution in [0.4, 0.5) is 0 Å². The number of aryl methyl sites for hydroxylation is 1. The van der Waals surface area contributed by atoms with Crippen LogP contribution in [-0.4, -0.2) is 28.2 Å². The van der Waals surface area contributed by atoms with Gasteiger partial charge in [-0.1, -0.05) is 33.6 Å². The second kappa shape index (κ2) is 10.1. The fourth-order valence-corrected chi connectivity index (χ4v) is 4.51. The van der Waals surface area contributed by atoms with E-state index in [-0.39, 0.29) is 11.5 Å². The Labute approximate surface area is 163 Å². The normalized spacial score (nSPS) is 12.5.